The number of methoxy groups -OCH3 is 1. The number of hydrogen-bond donors (Lipinski definition) is 1. The number of nitrogens with one attached hydrogen (secondary N) is 1. The SMILES string of the molecule is CNCCc1cc(Br)c(OC)c(OC2CCCC2)c1. The molecule has 1 aliphatic rings. The molecule has 19 heavy (non-hydrogen) atoms. The van der Waals surface area contributed by atoms with Gasteiger partial charge in [-0.05, 0) is 79.3 Å². The van der Waals surface area contributed by atoms with Gasteiger partial charge in [-0.2, -0.15) is 0 Å². The minimum absolute atomic E-state index is 0.348. The first-order valence-electron chi connectivity index (χ1n) is 6.92. The average molecular weight is 328 g/mol. The maximum absolute atomic E-state index is 6.12. The zero-order valence-electron chi connectivity index (χ0n) is 11.7. The standard InChI is InChI=1S/C15H22BrNO2/c1-17-8-7-11-9-13(16)15(18-2)14(10-11)19-12-5-3-4-6-12/h9-10,12,17H,3-8H2,1-2H3. The van der Waals surface area contributed by atoms with Crippen LogP contribution < -0.4 is 14.8 Å². The van der Waals surface area contributed by atoms with E-state index in [9.17, 15) is 0 Å². The third kappa shape index (κ3) is 3.86. The predicted octanol–water partition coefficient (Wildman–Crippen LogP) is 3.54. The van der Waals surface area contributed by atoms with Crippen molar-refractivity contribution < 1.29 is 9.47 Å². The maximum Gasteiger partial charge on any atom is 0.174 e. The minimum atomic E-state index is 0.348. The van der Waals surface area contributed by atoms with Crippen LogP contribution in [0, 0.1) is 0 Å². The summed E-state index contributed by atoms with van der Waals surface area (Å²) in [5, 5.41) is 3.17. The van der Waals surface area contributed by atoms with E-state index in [0.29, 0.717) is 6.10 Å². The Hall–Kier alpha value is -0.740. The number of rotatable bonds is 6. The van der Waals surface area contributed by atoms with Gasteiger partial charge in [0.25, 0.3) is 0 Å². The van der Waals surface area contributed by atoms with Gasteiger partial charge in [0.05, 0.1) is 17.7 Å². The third-order valence-electron chi connectivity index (χ3n) is 3.53. The fraction of sp³-hybridized carbons (Fsp3) is 0.600. The Morgan fingerprint density at radius 1 is 1.32 bits per heavy atom. The van der Waals surface area contributed by atoms with Crippen LogP contribution in [-0.4, -0.2) is 26.8 Å². The molecule has 1 aliphatic carbocycles. The molecule has 1 saturated carbocycles. The summed E-state index contributed by atoms with van der Waals surface area (Å²) < 4.78 is 12.6. The first-order valence-corrected chi connectivity index (χ1v) is 7.71. The molecule has 0 spiro atoms. The van der Waals surface area contributed by atoms with Crippen molar-refractivity contribution in [2.45, 2.75) is 38.2 Å². The molecule has 1 N–H and O–H groups in total. The van der Waals surface area contributed by atoms with Crippen LogP contribution in [0.5, 0.6) is 11.5 Å². The van der Waals surface area contributed by atoms with Crippen molar-refractivity contribution in [3.05, 3.63) is 22.2 Å². The number of likely N-dealkylation sites (N-methyl/N-ethyl adjacent to an activating group) is 1. The van der Waals surface area contributed by atoms with Crippen LogP contribution in [-0.2, 0) is 6.42 Å². The van der Waals surface area contributed by atoms with Gasteiger partial charge < -0.3 is 14.8 Å². The molecule has 0 amide bonds. The Morgan fingerprint density at radius 3 is 2.68 bits per heavy atom. The molecule has 1 fully saturated rings. The summed E-state index contributed by atoms with van der Waals surface area (Å²) in [6, 6.07) is 4.22. The van der Waals surface area contributed by atoms with E-state index in [4.69, 9.17) is 9.47 Å². The predicted molar refractivity (Wildman–Crippen MR) is 81.2 cm³/mol. The fourth-order valence-corrected chi connectivity index (χ4v) is 3.16. The van der Waals surface area contributed by atoms with E-state index in [1.54, 1.807) is 7.11 Å². The van der Waals surface area contributed by atoms with Gasteiger partial charge >= 0.3 is 0 Å². The zero-order chi connectivity index (χ0) is 13.7. The molecule has 0 radical (unpaired) electrons. The molecule has 0 bridgehead atoms. The second-order valence-corrected chi connectivity index (χ2v) is 5.84. The lowest BCUT2D eigenvalue weighted by Gasteiger charge is -2.18. The Kier molecular flexibility index (Phi) is 5.52. The maximum atomic E-state index is 6.12. The average Bonchev–Trinajstić information content (AvgIpc) is 2.89. The van der Waals surface area contributed by atoms with Crippen LogP contribution in [0.25, 0.3) is 0 Å². The van der Waals surface area contributed by atoms with Crippen LogP contribution in [0.2, 0.25) is 0 Å². The molecule has 0 saturated heterocycles. The normalized spacial score (nSPS) is 15.7. The highest BCUT2D eigenvalue weighted by molar-refractivity contribution is 9.10. The van der Waals surface area contributed by atoms with Crippen molar-refractivity contribution in [1.82, 2.24) is 5.32 Å². The van der Waals surface area contributed by atoms with E-state index in [1.165, 1.54) is 18.4 Å². The largest absolute Gasteiger partial charge is 0.492 e. The van der Waals surface area contributed by atoms with Crippen LogP contribution >= 0.6 is 15.9 Å². The smallest absolute Gasteiger partial charge is 0.174 e. The monoisotopic (exact) mass is 327 g/mol. The molecule has 1 aromatic rings. The molecule has 0 atom stereocenters. The summed E-state index contributed by atoms with van der Waals surface area (Å²) in [4.78, 5) is 0. The van der Waals surface area contributed by atoms with E-state index in [-0.39, 0.29) is 0 Å². The van der Waals surface area contributed by atoms with Crippen molar-refractivity contribution in [3.63, 3.8) is 0 Å². The molecule has 0 unspecified atom stereocenters. The van der Waals surface area contributed by atoms with Crippen LogP contribution in [0.15, 0.2) is 16.6 Å². The lowest BCUT2D eigenvalue weighted by Crippen LogP contribution is -2.13. The fourth-order valence-electron chi connectivity index (χ4n) is 2.51. The quantitative estimate of drug-likeness (QED) is 0.866. The lowest BCUT2D eigenvalue weighted by molar-refractivity contribution is 0.200. The second-order valence-electron chi connectivity index (χ2n) is 4.99. The molecule has 0 aromatic heterocycles. The van der Waals surface area contributed by atoms with Gasteiger partial charge in [-0.3, -0.25) is 0 Å². The highest BCUT2D eigenvalue weighted by Crippen LogP contribution is 2.38. The minimum Gasteiger partial charge on any atom is -0.492 e. The molecule has 2 rings (SSSR count). The Balaban J connectivity index is 2.18. The summed E-state index contributed by atoms with van der Waals surface area (Å²) in [6.45, 7) is 0.960. The van der Waals surface area contributed by atoms with Crippen molar-refractivity contribution in [2.24, 2.45) is 0 Å². The number of benzene rings is 1. The van der Waals surface area contributed by atoms with Gasteiger partial charge in [0.2, 0.25) is 0 Å². The van der Waals surface area contributed by atoms with E-state index >= 15 is 0 Å². The molecule has 0 heterocycles. The van der Waals surface area contributed by atoms with Crippen molar-refractivity contribution in [1.29, 1.82) is 0 Å². The van der Waals surface area contributed by atoms with E-state index < -0.39 is 0 Å². The number of ether oxygens (including phenoxy) is 2. The van der Waals surface area contributed by atoms with Gasteiger partial charge in [0, 0.05) is 0 Å². The van der Waals surface area contributed by atoms with Crippen molar-refractivity contribution in [3.8, 4) is 11.5 Å². The van der Waals surface area contributed by atoms with E-state index in [2.05, 4.69) is 33.4 Å². The highest BCUT2D eigenvalue weighted by atomic mass is 79.9. The second kappa shape index (κ2) is 7.15. The van der Waals surface area contributed by atoms with Crippen molar-refractivity contribution >= 4 is 15.9 Å². The number of hydrogen-bond acceptors (Lipinski definition) is 3. The molecular weight excluding hydrogens is 306 g/mol. The summed E-state index contributed by atoms with van der Waals surface area (Å²) in [5.74, 6) is 1.68. The highest BCUT2D eigenvalue weighted by Gasteiger charge is 2.20. The molecule has 3 nitrogen and oxygen atoms in total. The molecule has 1 aromatic carbocycles. The molecule has 4 heteroatoms. The van der Waals surface area contributed by atoms with E-state index in [1.807, 2.05) is 7.05 Å². The third-order valence-corrected chi connectivity index (χ3v) is 4.12. The summed E-state index contributed by atoms with van der Waals surface area (Å²) in [5.41, 5.74) is 1.26. The van der Waals surface area contributed by atoms with E-state index in [0.717, 1.165) is 41.8 Å². The lowest BCUT2D eigenvalue weighted by atomic mass is 10.1. The molecule has 0 aliphatic heterocycles. The van der Waals surface area contributed by atoms with Crippen LogP contribution in [0.1, 0.15) is 31.2 Å². The van der Waals surface area contributed by atoms with Gasteiger partial charge in [0.1, 0.15) is 0 Å². The Bertz CT molecular complexity index is 417. The Morgan fingerprint density at radius 2 is 2.05 bits per heavy atom. The number of halogens is 1. The Labute approximate surface area is 123 Å². The van der Waals surface area contributed by atoms with Gasteiger partial charge in [-0.25, -0.2) is 0 Å². The summed E-state index contributed by atoms with van der Waals surface area (Å²) >= 11 is 3.57. The van der Waals surface area contributed by atoms with Gasteiger partial charge in [-0.1, -0.05) is 0 Å². The first kappa shape index (κ1) is 14.7. The topological polar surface area (TPSA) is 30.5 Å². The van der Waals surface area contributed by atoms with Gasteiger partial charge in [-0.15, -0.1) is 0 Å². The van der Waals surface area contributed by atoms with Gasteiger partial charge in [0.15, 0.2) is 11.5 Å². The summed E-state index contributed by atoms with van der Waals surface area (Å²) in [7, 11) is 3.66. The van der Waals surface area contributed by atoms with Crippen molar-refractivity contribution in [2.75, 3.05) is 20.7 Å². The molecule has 106 valence electrons. The zero-order valence-corrected chi connectivity index (χ0v) is 13.3. The molecular formula is C15H22BrNO2. The van der Waals surface area contributed by atoms with Crippen LogP contribution in [0.4, 0.5) is 0 Å². The first-order chi connectivity index (χ1) is 9.24. The summed E-state index contributed by atoms with van der Waals surface area (Å²) in [6.07, 6.45) is 6.19. The van der Waals surface area contributed by atoms with Crippen LogP contribution in [0.3, 0.4) is 0 Å².